The molecule has 0 aliphatic heterocycles. The molecule has 0 fully saturated rings. The van der Waals surface area contributed by atoms with Crippen molar-refractivity contribution in [2.75, 3.05) is 5.32 Å². The van der Waals surface area contributed by atoms with Gasteiger partial charge in [-0.25, -0.2) is 0 Å². The Kier molecular flexibility index (Phi) is 5.62. The van der Waals surface area contributed by atoms with Gasteiger partial charge in [-0.2, -0.15) is 0 Å². The minimum atomic E-state index is -1.02. The highest BCUT2D eigenvalue weighted by Gasteiger charge is 2.29. The number of anilines is 1. The van der Waals surface area contributed by atoms with Gasteiger partial charge in [0.15, 0.2) is 0 Å². The maximum atomic E-state index is 12.4. The lowest BCUT2D eigenvalue weighted by Crippen LogP contribution is -2.52. The molecule has 5 heteroatoms. The van der Waals surface area contributed by atoms with E-state index < -0.39 is 5.54 Å². The molecule has 0 saturated carbocycles. The van der Waals surface area contributed by atoms with Crippen LogP contribution in [0.3, 0.4) is 0 Å². The van der Waals surface area contributed by atoms with E-state index in [1.807, 2.05) is 37.3 Å². The molecule has 2 N–H and O–H groups in total. The van der Waals surface area contributed by atoms with E-state index in [0.29, 0.717) is 10.7 Å². The second-order valence-electron chi connectivity index (χ2n) is 6.25. The quantitative estimate of drug-likeness (QED) is 0.868. The Balaban J connectivity index is 1.98. The first kappa shape index (κ1) is 18.0. The van der Waals surface area contributed by atoms with E-state index in [2.05, 4.69) is 10.6 Å². The van der Waals surface area contributed by atoms with Crippen LogP contribution >= 0.6 is 11.6 Å². The average Bonchev–Trinajstić information content (AvgIpc) is 2.51. The van der Waals surface area contributed by atoms with Crippen LogP contribution in [0, 0.1) is 6.92 Å². The van der Waals surface area contributed by atoms with Crippen LogP contribution in [0.25, 0.3) is 0 Å². The van der Waals surface area contributed by atoms with Crippen molar-refractivity contribution in [3.8, 4) is 0 Å². The van der Waals surface area contributed by atoms with Crippen molar-refractivity contribution in [3.63, 3.8) is 0 Å². The van der Waals surface area contributed by atoms with Crippen molar-refractivity contribution in [3.05, 3.63) is 64.7 Å². The van der Waals surface area contributed by atoms with E-state index in [1.165, 1.54) is 0 Å². The van der Waals surface area contributed by atoms with Crippen molar-refractivity contribution in [2.45, 2.75) is 32.7 Å². The van der Waals surface area contributed by atoms with Gasteiger partial charge in [0.1, 0.15) is 5.54 Å². The fourth-order valence-electron chi connectivity index (χ4n) is 2.26. The number of carbonyl (C=O) groups is 2. The van der Waals surface area contributed by atoms with Gasteiger partial charge in [-0.3, -0.25) is 9.59 Å². The Bertz CT molecular complexity index is 742. The molecule has 0 aliphatic rings. The molecule has 0 heterocycles. The van der Waals surface area contributed by atoms with Gasteiger partial charge in [0, 0.05) is 10.7 Å². The molecule has 0 saturated heterocycles. The highest BCUT2D eigenvalue weighted by molar-refractivity contribution is 6.31. The second kappa shape index (κ2) is 7.49. The maximum Gasteiger partial charge on any atom is 0.249 e. The summed E-state index contributed by atoms with van der Waals surface area (Å²) in [4.78, 5) is 24.6. The summed E-state index contributed by atoms with van der Waals surface area (Å²) >= 11 is 5.99. The number of hydrogen-bond donors (Lipinski definition) is 2. The van der Waals surface area contributed by atoms with Crippen LogP contribution in [0.2, 0.25) is 5.02 Å². The molecule has 0 aliphatic carbocycles. The molecule has 0 unspecified atom stereocenters. The third-order valence-electron chi connectivity index (χ3n) is 3.64. The zero-order chi connectivity index (χ0) is 17.7. The summed E-state index contributed by atoms with van der Waals surface area (Å²) in [5.41, 5.74) is 1.45. The Morgan fingerprint density at radius 3 is 2.38 bits per heavy atom. The number of benzene rings is 2. The first-order valence-corrected chi connectivity index (χ1v) is 8.08. The molecular weight excluding hydrogens is 324 g/mol. The first-order valence-electron chi connectivity index (χ1n) is 7.70. The highest BCUT2D eigenvalue weighted by Crippen LogP contribution is 2.17. The molecule has 2 aromatic carbocycles. The average molecular weight is 345 g/mol. The topological polar surface area (TPSA) is 58.2 Å². The van der Waals surface area contributed by atoms with E-state index in [9.17, 15) is 9.59 Å². The summed E-state index contributed by atoms with van der Waals surface area (Å²) in [7, 11) is 0. The van der Waals surface area contributed by atoms with Crippen LogP contribution in [0.1, 0.15) is 25.0 Å². The Hall–Kier alpha value is -2.33. The van der Waals surface area contributed by atoms with Crippen molar-refractivity contribution in [1.29, 1.82) is 0 Å². The third-order valence-corrected chi connectivity index (χ3v) is 4.06. The maximum absolute atomic E-state index is 12.4. The van der Waals surface area contributed by atoms with Gasteiger partial charge in [0.2, 0.25) is 11.8 Å². The van der Waals surface area contributed by atoms with Crippen molar-refractivity contribution in [2.24, 2.45) is 0 Å². The Morgan fingerprint density at radius 1 is 1.08 bits per heavy atom. The zero-order valence-electron chi connectivity index (χ0n) is 14.0. The lowest BCUT2D eigenvalue weighted by atomic mass is 10.0. The van der Waals surface area contributed by atoms with E-state index in [-0.39, 0.29) is 18.2 Å². The molecule has 0 atom stereocenters. The van der Waals surface area contributed by atoms with Gasteiger partial charge in [-0.05, 0) is 50.1 Å². The van der Waals surface area contributed by atoms with Gasteiger partial charge in [-0.1, -0.05) is 41.9 Å². The van der Waals surface area contributed by atoms with Crippen molar-refractivity contribution in [1.82, 2.24) is 5.32 Å². The lowest BCUT2D eigenvalue weighted by molar-refractivity contribution is -0.128. The highest BCUT2D eigenvalue weighted by atomic mass is 35.5. The van der Waals surface area contributed by atoms with E-state index in [1.54, 1.807) is 32.0 Å². The summed E-state index contributed by atoms with van der Waals surface area (Å²) in [6, 6.07) is 14.6. The summed E-state index contributed by atoms with van der Waals surface area (Å²) < 4.78 is 0. The lowest BCUT2D eigenvalue weighted by Gasteiger charge is -2.25. The number of halogens is 1. The smallest absolute Gasteiger partial charge is 0.249 e. The monoisotopic (exact) mass is 344 g/mol. The Labute approximate surface area is 147 Å². The normalized spacial score (nSPS) is 11.0. The van der Waals surface area contributed by atoms with Crippen LogP contribution in [-0.4, -0.2) is 17.4 Å². The minimum absolute atomic E-state index is 0.194. The second-order valence-corrected chi connectivity index (χ2v) is 6.66. The number of carbonyl (C=O) groups excluding carboxylic acids is 2. The fraction of sp³-hybridized carbons (Fsp3) is 0.263. The van der Waals surface area contributed by atoms with E-state index in [4.69, 9.17) is 11.6 Å². The molecule has 0 radical (unpaired) electrons. The summed E-state index contributed by atoms with van der Waals surface area (Å²) in [6.07, 6.45) is 0.194. The molecule has 2 rings (SSSR count). The fourth-order valence-corrected chi connectivity index (χ4v) is 2.38. The number of aryl methyl sites for hydroxylation is 1. The molecule has 0 bridgehead atoms. The van der Waals surface area contributed by atoms with Crippen LogP contribution in [0.5, 0.6) is 0 Å². The van der Waals surface area contributed by atoms with Gasteiger partial charge in [0.05, 0.1) is 6.42 Å². The molecular formula is C19H21ClN2O2. The summed E-state index contributed by atoms with van der Waals surface area (Å²) in [6.45, 7) is 5.24. The van der Waals surface area contributed by atoms with E-state index >= 15 is 0 Å². The molecule has 0 spiro atoms. The number of nitrogens with one attached hydrogen (secondary N) is 2. The van der Waals surface area contributed by atoms with Crippen LogP contribution < -0.4 is 10.6 Å². The molecule has 2 aromatic rings. The number of amides is 2. The molecule has 4 nitrogen and oxygen atoms in total. The van der Waals surface area contributed by atoms with Crippen LogP contribution in [0.4, 0.5) is 5.69 Å². The first-order chi connectivity index (χ1) is 11.3. The van der Waals surface area contributed by atoms with E-state index in [0.717, 1.165) is 11.1 Å². The zero-order valence-corrected chi connectivity index (χ0v) is 14.8. The standard InChI is InChI=1S/C19H21ClN2O2/c1-13-11-14(9-10-16(13)20)12-17(23)22-19(2,3)18(24)21-15-7-5-4-6-8-15/h4-11H,12H2,1-3H3,(H,21,24)(H,22,23). The molecule has 24 heavy (non-hydrogen) atoms. The Morgan fingerprint density at radius 2 is 1.75 bits per heavy atom. The van der Waals surface area contributed by atoms with Crippen LogP contribution in [-0.2, 0) is 16.0 Å². The summed E-state index contributed by atoms with van der Waals surface area (Å²) in [5.74, 6) is -0.487. The predicted octanol–water partition coefficient (Wildman–Crippen LogP) is 3.72. The van der Waals surface area contributed by atoms with Crippen molar-refractivity contribution < 1.29 is 9.59 Å². The van der Waals surface area contributed by atoms with Gasteiger partial charge in [-0.15, -0.1) is 0 Å². The molecule has 126 valence electrons. The third kappa shape index (κ3) is 4.83. The molecule has 0 aromatic heterocycles. The van der Waals surface area contributed by atoms with Gasteiger partial charge < -0.3 is 10.6 Å². The number of para-hydroxylation sites is 1. The van der Waals surface area contributed by atoms with Crippen LogP contribution in [0.15, 0.2) is 48.5 Å². The van der Waals surface area contributed by atoms with Gasteiger partial charge in [0.25, 0.3) is 0 Å². The predicted molar refractivity (Wildman–Crippen MR) is 97.2 cm³/mol. The largest absolute Gasteiger partial charge is 0.342 e. The van der Waals surface area contributed by atoms with Gasteiger partial charge >= 0.3 is 0 Å². The number of hydrogen-bond acceptors (Lipinski definition) is 2. The van der Waals surface area contributed by atoms with Crippen molar-refractivity contribution >= 4 is 29.1 Å². The molecule has 2 amide bonds. The minimum Gasteiger partial charge on any atom is -0.342 e. The number of rotatable bonds is 5. The SMILES string of the molecule is Cc1cc(CC(=O)NC(C)(C)C(=O)Nc2ccccc2)ccc1Cl. The summed E-state index contributed by atoms with van der Waals surface area (Å²) in [5, 5.41) is 6.24.